The lowest BCUT2D eigenvalue weighted by atomic mass is 9.91. The second kappa shape index (κ2) is 11.0. The van der Waals surface area contributed by atoms with Gasteiger partial charge >= 0.3 is 0 Å². The molecule has 172 valence electrons. The molecule has 12 heteroatoms. The predicted molar refractivity (Wildman–Crippen MR) is 138 cm³/mol. The van der Waals surface area contributed by atoms with Crippen molar-refractivity contribution in [2.24, 2.45) is 9.98 Å². The highest BCUT2D eigenvalue weighted by atomic mass is 35.5. The first kappa shape index (κ1) is 26.3. The molecule has 1 aliphatic rings. The van der Waals surface area contributed by atoms with E-state index >= 15 is 0 Å². The van der Waals surface area contributed by atoms with Gasteiger partial charge in [-0.2, -0.15) is 0 Å². The third kappa shape index (κ3) is 5.18. The molecular formula is C20H14Cl8N2O2. The molecule has 2 aromatic rings. The zero-order valence-electron chi connectivity index (χ0n) is 16.0. The monoisotopic (exact) mass is 594 g/mol. The second-order valence-electron chi connectivity index (χ2n) is 7.01. The summed E-state index contributed by atoms with van der Waals surface area (Å²) >= 11 is 48.5. The molecule has 4 nitrogen and oxygen atoms in total. The van der Waals surface area contributed by atoms with E-state index in [1.54, 1.807) is 0 Å². The molecule has 2 atom stereocenters. The average molecular weight is 598 g/mol. The molecule has 0 radical (unpaired) electrons. The largest absolute Gasteiger partial charge is 0.506 e. The molecule has 0 aliphatic heterocycles. The molecule has 0 amide bonds. The number of hydrogen-bond acceptors (Lipinski definition) is 4. The van der Waals surface area contributed by atoms with Gasteiger partial charge < -0.3 is 10.2 Å². The van der Waals surface area contributed by atoms with Gasteiger partial charge in [0.15, 0.2) is 0 Å². The fourth-order valence-corrected chi connectivity index (χ4v) is 5.10. The van der Waals surface area contributed by atoms with Crippen LogP contribution < -0.4 is 0 Å². The van der Waals surface area contributed by atoms with E-state index in [1.165, 1.54) is 12.4 Å². The number of benzene rings is 2. The van der Waals surface area contributed by atoms with E-state index in [1.807, 2.05) is 0 Å². The minimum absolute atomic E-state index is 0.0254. The van der Waals surface area contributed by atoms with Gasteiger partial charge in [-0.3, -0.25) is 9.98 Å². The van der Waals surface area contributed by atoms with E-state index in [0.717, 1.165) is 25.7 Å². The molecule has 0 unspecified atom stereocenters. The summed E-state index contributed by atoms with van der Waals surface area (Å²) in [6, 6.07) is -0.467. The first-order valence-corrected chi connectivity index (χ1v) is 12.2. The maximum atomic E-state index is 10.3. The van der Waals surface area contributed by atoms with Crippen LogP contribution in [0.2, 0.25) is 40.2 Å². The first-order chi connectivity index (χ1) is 15.1. The van der Waals surface area contributed by atoms with E-state index in [0.29, 0.717) is 0 Å². The molecular weight excluding hydrogens is 584 g/mol. The Balaban J connectivity index is 1.92. The van der Waals surface area contributed by atoms with Crippen LogP contribution in [-0.4, -0.2) is 34.7 Å². The summed E-state index contributed by atoms with van der Waals surface area (Å²) in [5.41, 5.74) is 0.327. The number of hydrogen-bond donors (Lipinski definition) is 2. The molecule has 0 bridgehead atoms. The van der Waals surface area contributed by atoms with Crippen molar-refractivity contribution in [1.29, 1.82) is 0 Å². The molecule has 1 saturated carbocycles. The number of halogens is 8. The number of phenolic OH excluding ortho intramolecular Hbond substituents is 2. The molecule has 1 fully saturated rings. The molecule has 0 saturated heterocycles. The topological polar surface area (TPSA) is 65.2 Å². The maximum absolute atomic E-state index is 10.3. The molecule has 0 aromatic heterocycles. The van der Waals surface area contributed by atoms with Crippen molar-refractivity contribution in [2.75, 3.05) is 0 Å². The normalized spacial score (nSPS) is 19.4. The molecule has 0 spiro atoms. The number of aliphatic imine (C=N–C) groups is 2. The Labute approximate surface area is 224 Å². The van der Waals surface area contributed by atoms with Crippen molar-refractivity contribution in [3.63, 3.8) is 0 Å². The van der Waals surface area contributed by atoms with Gasteiger partial charge in [-0.15, -0.1) is 0 Å². The van der Waals surface area contributed by atoms with E-state index in [4.69, 9.17) is 92.8 Å². The summed E-state index contributed by atoms with van der Waals surface area (Å²) in [6.07, 6.45) is 6.19. The molecule has 2 N–H and O–H groups in total. The van der Waals surface area contributed by atoms with Crippen molar-refractivity contribution in [2.45, 2.75) is 37.8 Å². The standard InChI is InChI=1S/C20H14Cl8N2O2/c21-11-7(19(31)17(27)15(25)13(11)23)5-29-9-3-1-2-4-10(9)30-6-8-12(22)14(24)16(26)18(28)20(8)32/h5-6,9-10,31-32H,1-4H2/t9-,10-/m1/s1. The van der Waals surface area contributed by atoms with Crippen LogP contribution in [0, 0.1) is 0 Å². The van der Waals surface area contributed by atoms with Crippen molar-refractivity contribution in [3.05, 3.63) is 51.3 Å². The summed E-state index contributed by atoms with van der Waals surface area (Å²) in [5.74, 6) is -0.624. The summed E-state index contributed by atoms with van der Waals surface area (Å²) in [6.45, 7) is 0. The number of nitrogens with zero attached hydrogens (tertiary/aromatic N) is 2. The fourth-order valence-electron chi connectivity index (χ4n) is 3.29. The van der Waals surface area contributed by atoms with Crippen LogP contribution in [0.1, 0.15) is 36.8 Å². The predicted octanol–water partition coefficient (Wildman–Crippen LogP) is 9.17. The quantitative estimate of drug-likeness (QED) is 0.210. The lowest BCUT2D eigenvalue weighted by Gasteiger charge is -2.25. The van der Waals surface area contributed by atoms with Crippen LogP contribution in [0.15, 0.2) is 9.98 Å². The van der Waals surface area contributed by atoms with Crippen LogP contribution in [-0.2, 0) is 0 Å². The lowest BCUT2D eigenvalue weighted by molar-refractivity contribution is 0.390. The molecule has 1 aliphatic carbocycles. The van der Waals surface area contributed by atoms with Gasteiger partial charge in [-0.1, -0.05) is 106 Å². The Morgan fingerprint density at radius 2 is 0.844 bits per heavy atom. The van der Waals surface area contributed by atoms with Gasteiger partial charge in [0.05, 0.1) is 53.3 Å². The molecule has 3 rings (SSSR count). The van der Waals surface area contributed by atoms with Gasteiger partial charge in [0.1, 0.15) is 21.5 Å². The van der Waals surface area contributed by atoms with E-state index in [9.17, 15) is 10.2 Å². The summed E-state index contributed by atoms with van der Waals surface area (Å²) < 4.78 is 0. The van der Waals surface area contributed by atoms with E-state index in [-0.39, 0.29) is 74.9 Å². The third-order valence-corrected chi connectivity index (χ3v) is 8.65. The van der Waals surface area contributed by atoms with E-state index in [2.05, 4.69) is 9.98 Å². The number of phenols is 2. The SMILES string of the molecule is Oc1c(Cl)c(Cl)c(Cl)c(Cl)c1C=N[C@@H]1CCCC[C@H]1N=Cc1c(O)c(Cl)c(Cl)c(Cl)c1Cl. The Kier molecular flexibility index (Phi) is 9.01. The van der Waals surface area contributed by atoms with Crippen molar-refractivity contribution < 1.29 is 10.2 Å². The zero-order chi connectivity index (χ0) is 23.7. The summed E-state index contributed by atoms with van der Waals surface area (Å²) in [4.78, 5) is 9.12. The summed E-state index contributed by atoms with van der Waals surface area (Å²) in [7, 11) is 0. The highest BCUT2D eigenvalue weighted by Crippen LogP contribution is 2.45. The fraction of sp³-hybridized carbons (Fsp3) is 0.300. The average Bonchev–Trinajstić information content (AvgIpc) is 2.79. The Morgan fingerprint density at radius 1 is 0.531 bits per heavy atom. The van der Waals surface area contributed by atoms with Crippen LogP contribution in [0.4, 0.5) is 0 Å². The van der Waals surface area contributed by atoms with Crippen LogP contribution in [0.5, 0.6) is 11.5 Å². The Hall–Kier alpha value is -0.300. The first-order valence-electron chi connectivity index (χ1n) is 9.22. The lowest BCUT2D eigenvalue weighted by Crippen LogP contribution is -2.27. The minimum atomic E-state index is -0.312. The van der Waals surface area contributed by atoms with Gasteiger partial charge in [-0.25, -0.2) is 0 Å². The highest BCUT2D eigenvalue weighted by Gasteiger charge is 2.25. The minimum Gasteiger partial charge on any atom is -0.506 e. The van der Waals surface area contributed by atoms with Gasteiger partial charge in [0.25, 0.3) is 0 Å². The number of rotatable bonds is 4. The van der Waals surface area contributed by atoms with Crippen LogP contribution >= 0.6 is 92.8 Å². The summed E-state index contributed by atoms with van der Waals surface area (Å²) in [5, 5.41) is 20.5. The molecule has 2 aromatic carbocycles. The van der Waals surface area contributed by atoms with Gasteiger partial charge in [0, 0.05) is 12.4 Å². The molecule has 32 heavy (non-hydrogen) atoms. The third-order valence-electron chi connectivity index (χ3n) is 5.04. The second-order valence-corrected chi connectivity index (χ2v) is 10.0. The smallest absolute Gasteiger partial charge is 0.146 e. The van der Waals surface area contributed by atoms with Crippen molar-refractivity contribution in [1.82, 2.24) is 0 Å². The van der Waals surface area contributed by atoms with Gasteiger partial charge in [0.2, 0.25) is 0 Å². The Bertz CT molecular complexity index is 974. The zero-order valence-corrected chi connectivity index (χ0v) is 22.0. The van der Waals surface area contributed by atoms with Crippen LogP contribution in [0.25, 0.3) is 0 Å². The van der Waals surface area contributed by atoms with E-state index < -0.39 is 0 Å². The Morgan fingerprint density at radius 3 is 1.19 bits per heavy atom. The van der Waals surface area contributed by atoms with Crippen molar-refractivity contribution in [3.8, 4) is 11.5 Å². The van der Waals surface area contributed by atoms with Crippen LogP contribution in [0.3, 0.4) is 0 Å². The van der Waals surface area contributed by atoms with Gasteiger partial charge in [-0.05, 0) is 12.8 Å². The molecule has 0 heterocycles. The van der Waals surface area contributed by atoms with Crippen molar-refractivity contribution >= 4 is 105 Å². The highest BCUT2D eigenvalue weighted by molar-refractivity contribution is 6.54. The number of aromatic hydroxyl groups is 2. The maximum Gasteiger partial charge on any atom is 0.146 e.